The Balaban J connectivity index is 1.60. The fourth-order valence-electron chi connectivity index (χ4n) is 4.60. The van der Waals surface area contributed by atoms with E-state index in [1.54, 1.807) is 41.3 Å². The molecule has 33 heavy (non-hydrogen) atoms. The van der Waals surface area contributed by atoms with Gasteiger partial charge in [0.25, 0.3) is 17.7 Å². The van der Waals surface area contributed by atoms with Crippen molar-refractivity contribution in [2.45, 2.75) is 19.0 Å². The second-order valence-corrected chi connectivity index (χ2v) is 8.98. The molecule has 2 aliphatic heterocycles. The summed E-state index contributed by atoms with van der Waals surface area (Å²) in [5.74, 6) is -1.19. The van der Waals surface area contributed by atoms with Crippen LogP contribution in [0.1, 0.15) is 37.9 Å². The molecule has 0 aromatic heterocycles. The molecule has 0 bridgehead atoms. The van der Waals surface area contributed by atoms with Crippen LogP contribution in [0.4, 0.5) is 11.4 Å². The third-order valence-corrected chi connectivity index (χ3v) is 6.59. The van der Waals surface area contributed by atoms with E-state index in [9.17, 15) is 14.4 Å². The zero-order chi connectivity index (χ0) is 23.4. The molecule has 0 N–H and O–H groups in total. The largest absolute Gasteiger partial charge is 0.378 e. The van der Waals surface area contributed by atoms with Crippen LogP contribution in [0, 0.1) is 6.92 Å². The molecule has 3 amide bonds. The lowest BCUT2D eigenvalue weighted by molar-refractivity contribution is -0.130. The molecule has 166 valence electrons. The van der Waals surface area contributed by atoms with Gasteiger partial charge in [-0.05, 0) is 54.4 Å². The molecule has 6 nitrogen and oxygen atoms in total. The molecule has 3 aromatic carbocycles. The van der Waals surface area contributed by atoms with Gasteiger partial charge < -0.3 is 9.80 Å². The quantitative estimate of drug-likeness (QED) is 0.426. The number of nitrogens with zero attached hydrogens (tertiary/aromatic N) is 3. The molecule has 1 fully saturated rings. The number of carbonyl (C=O) groups is 3. The number of halogens is 1. The second kappa shape index (κ2) is 7.74. The Morgan fingerprint density at radius 2 is 1.39 bits per heavy atom. The van der Waals surface area contributed by atoms with Crippen LogP contribution in [0.3, 0.4) is 0 Å². The molecule has 0 unspecified atom stereocenters. The summed E-state index contributed by atoms with van der Waals surface area (Å²) in [6.07, 6.45) is 0. The normalized spacial score (nSPS) is 19.6. The molecule has 0 radical (unpaired) electrons. The number of rotatable bonds is 4. The van der Waals surface area contributed by atoms with Crippen LogP contribution in [0.15, 0.2) is 66.7 Å². The smallest absolute Gasteiger partial charge is 0.262 e. The molecule has 0 spiro atoms. The van der Waals surface area contributed by atoms with Crippen LogP contribution in [-0.4, -0.2) is 42.8 Å². The molecule has 3 aromatic rings. The van der Waals surface area contributed by atoms with E-state index in [0.717, 1.165) is 21.7 Å². The Bertz CT molecular complexity index is 1270. The summed E-state index contributed by atoms with van der Waals surface area (Å²) < 4.78 is 0. The summed E-state index contributed by atoms with van der Waals surface area (Å²) in [7, 11) is 3.90. The molecule has 2 heterocycles. The van der Waals surface area contributed by atoms with Gasteiger partial charge in [0.1, 0.15) is 6.04 Å². The molecular formula is C26H22ClN3O3. The molecule has 7 heteroatoms. The number of amides is 3. The third-order valence-electron chi connectivity index (χ3n) is 6.35. The van der Waals surface area contributed by atoms with Crippen LogP contribution in [0.25, 0.3) is 0 Å². The van der Waals surface area contributed by atoms with Crippen molar-refractivity contribution >= 4 is 40.7 Å². The van der Waals surface area contributed by atoms with Gasteiger partial charge in [0.2, 0.25) is 0 Å². The highest BCUT2D eigenvalue weighted by Gasteiger charge is 2.57. The lowest BCUT2D eigenvalue weighted by atomic mass is 9.85. The summed E-state index contributed by atoms with van der Waals surface area (Å²) in [6.45, 7) is 1.90. The van der Waals surface area contributed by atoms with Gasteiger partial charge in [0, 0.05) is 30.5 Å². The van der Waals surface area contributed by atoms with E-state index in [2.05, 4.69) is 0 Å². The van der Waals surface area contributed by atoms with Gasteiger partial charge in [-0.15, -0.1) is 0 Å². The summed E-state index contributed by atoms with van der Waals surface area (Å²) >= 11 is 6.25. The number of hydrogen-bond acceptors (Lipinski definition) is 4. The summed E-state index contributed by atoms with van der Waals surface area (Å²) in [5.41, 5.74) is 4.04. The molecule has 0 aliphatic carbocycles. The maximum Gasteiger partial charge on any atom is 0.262 e. The highest BCUT2D eigenvalue weighted by Crippen LogP contribution is 2.45. The topological polar surface area (TPSA) is 60.9 Å². The highest BCUT2D eigenvalue weighted by atomic mass is 35.5. The fourth-order valence-corrected chi connectivity index (χ4v) is 4.76. The Hall–Kier alpha value is -3.64. The van der Waals surface area contributed by atoms with Gasteiger partial charge in [-0.1, -0.05) is 41.9 Å². The summed E-state index contributed by atoms with van der Waals surface area (Å²) in [4.78, 5) is 44.6. The van der Waals surface area contributed by atoms with E-state index in [0.29, 0.717) is 21.8 Å². The van der Waals surface area contributed by atoms with Crippen molar-refractivity contribution in [3.8, 4) is 0 Å². The van der Waals surface area contributed by atoms with Crippen LogP contribution < -0.4 is 9.80 Å². The Labute approximate surface area is 197 Å². The van der Waals surface area contributed by atoms with Gasteiger partial charge >= 0.3 is 0 Å². The minimum atomic E-state index is -0.930. The number of carbonyl (C=O) groups excluding carboxylic acids is 3. The molecule has 5 rings (SSSR count). The monoisotopic (exact) mass is 459 g/mol. The standard InChI is InChI=1S/C26H22ClN3O3/c1-15-8-11-17(27)14-21(15)29-22(16-9-12-18(13-10-16)28(2)3)23(26(29)33)30-24(31)19-6-4-5-7-20(19)25(30)32/h4-14,22-23H,1-3H3/t22-,23-/m0/s1. The molecule has 2 aliphatic rings. The van der Waals surface area contributed by atoms with Gasteiger partial charge in [-0.3, -0.25) is 19.3 Å². The van der Waals surface area contributed by atoms with Gasteiger partial charge in [0.05, 0.1) is 17.2 Å². The van der Waals surface area contributed by atoms with Gasteiger partial charge in [0.15, 0.2) is 0 Å². The van der Waals surface area contributed by atoms with E-state index >= 15 is 0 Å². The first-order valence-electron chi connectivity index (χ1n) is 10.6. The fraction of sp³-hybridized carbons (Fsp3) is 0.192. The Morgan fingerprint density at radius 1 is 0.788 bits per heavy atom. The van der Waals surface area contributed by atoms with Crippen molar-refractivity contribution in [3.63, 3.8) is 0 Å². The average Bonchev–Trinajstić information content (AvgIpc) is 3.05. The van der Waals surface area contributed by atoms with Crippen LogP contribution in [-0.2, 0) is 4.79 Å². The van der Waals surface area contributed by atoms with Crippen molar-refractivity contribution in [1.29, 1.82) is 0 Å². The molecule has 0 saturated carbocycles. The maximum absolute atomic E-state index is 13.5. The lowest BCUT2D eigenvalue weighted by Crippen LogP contribution is -2.67. The van der Waals surface area contributed by atoms with Gasteiger partial charge in [-0.2, -0.15) is 0 Å². The van der Waals surface area contributed by atoms with Crippen molar-refractivity contribution in [3.05, 3.63) is 94.0 Å². The van der Waals surface area contributed by atoms with Crippen molar-refractivity contribution in [1.82, 2.24) is 4.90 Å². The van der Waals surface area contributed by atoms with Gasteiger partial charge in [-0.25, -0.2) is 0 Å². The predicted octanol–water partition coefficient (Wildman–Crippen LogP) is 4.47. The number of β-lactam (4-membered cyclic amide) rings is 1. The number of hydrogen-bond donors (Lipinski definition) is 0. The molecule has 1 saturated heterocycles. The predicted molar refractivity (Wildman–Crippen MR) is 128 cm³/mol. The SMILES string of the molecule is Cc1ccc(Cl)cc1N1C(=O)[C@@H](N2C(=O)c3ccccc3C2=O)[C@@H]1c1ccc(N(C)C)cc1. The second-order valence-electron chi connectivity index (χ2n) is 8.54. The van der Waals surface area contributed by atoms with E-state index in [4.69, 9.17) is 11.6 Å². The first-order chi connectivity index (χ1) is 15.8. The third kappa shape index (κ3) is 3.21. The Kier molecular flexibility index (Phi) is 4.98. The number of fused-ring (bicyclic) bond motifs is 1. The minimum absolute atomic E-state index is 0.309. The first kappa shape index (κ1) is 21.2. The zero-order valence-electron chi connectivity index (χ0n) is 18.4. The van der Waals surface area contributed by atoms with Crippen molar-refractivity contribution in [2.24, 2.45) is 0 Å². The van der Waals surface area contributed by atoms with Crippen molar-refractivity contribution < 1.29 is 14.4 Å². The van der Waals surface area contributed by atoms with Crippen molar-refractivity contribution in [2.75, 3.05) is 23.9 Å². The minimum Gasteiger partial charge on any atom is -0.378 e. The lowest BCUT2D eigenvalue weighted by Gasteiger charge is -2.50. The van der Waals surface area contributed by atoms with E-state index in [1.807, 2.05) is 56.3 Å². The number of benzene rings is 3. The molecular weight excluding hydrogens is 438 g/mol. The number of aryl methyl sites for hydroxylation is 1. The Morgan fingerprint density at radius 3 is 1.97 bits per heavy atom. The maximum atomic E-state index is 13.5. The molecule has 2 atom stereocenters. The number of anilines is 2. The number of imide groups is 1. The van der Waals surface area contributed by atoms with Crippen LogP contribution in [0.2, 0.25) is 5.02 Å². The van der Waals surface area contributed by atoms with E-state index in [-0.39, 0.29) is 5.91 Å². The van der Waals surface area contributed by atoms with E-state index < -0.39 is 23.9 Å². The summed E-state index contributed by atoms with van der Waals surface area (Å²) in [5, 5.41) is 0.509. The summed E-state index contributed by atoms with van der Waals surface area (Å²) in [6, 6.07) is 18.4. The average molecular weight is 460 g/mol. The van der Waals surface area contributed by atoms with E-state index in [1.165, 1.54) is 0 Å². The zero-order valence-corrected chi connectivity index (χ0v) is 19.2. The van der Waals surface area contributed by atoms with Crippen LogP contribution >= 0.6 is 11.6 Å². The van der Waals surface area contributed by atoms with Crippen LogP contribution in [0.5, 0.6) is 0 Å². The first-order valence-corrected chi connectivity index (χ1v) is 11.0. The highest BCUT2D eigenvalue weighted by molar-refractivity contribution is 6.31.